The van der Waals surface area contributed by atoms with Crippen LogP contribution >= 0.6 is 0 Å². The summed E-state index contributed by atoms with van der Waals surface area (Å²) in [7, 11) is 0. The van der Waals surface area contributed by atoms with E-state index in [0.717, 1.165) is 6.54 Å². The molecule has 0 spiro atoms. The predicted molar refractivity (Wildman–Crippen MR) is 80.5 cm³/mol. The van der Waals surface area contributed by atoms with Crippen molar-refractivity contribution < 1.29 is 0 Å². The molecule has 0 aliphatic carbocycles. The highest BCUT2D eigenvalue weighted by molar-refractivity contribution is 5.37. The van der Waals surface area contributed by atoms with E-state index in [1.54, 1.807) is 0 Å². The van der Waals surface area contributed by atoms with Crippen molar-refractivity contribution >= 4 is 0 Å². The minimum absolute atomic E-state index is 0.461. The van der Waals surface area contributed by atoms with Gasteiger partial charge >= 0.3 is 0 Å². The summed E-state index contributed by atoms with van der Waals surface area (Å²) in [5.41, 5.74) is 5.66. The topological polar surface area (TPSA) is 12.0 Å². The molecule has 2 aromatic carbocycles. The SMILES string of the molecule is Cc1ccc(C2NCCC2c2ccccc2)c(C)c1. The molecule has 0 saturated carbocycles. The third-order valence-corrected chi connectivity index (χ3v) is 4.21. The Kier molecular flexibility index (Phi) is 3.39. The van der Waals surface area contributed by atoms with Crippen LogP contribution in [0.25, 0.3) is 0 Å². The van der Waals surface area contributed by atoms with Crippen molar-refractivity contribution in [2.75, 3.05) is 6.54 Å². The van der Waals surface area contributed by atoms with Crippen molar-refractivity contribution in [1.29, 1.82) is 0 Å². The molecule has 0 aromatic heterocycles. The molecular weight excluding hydrogens is 230 g/mol. The Balaban J connectivity index is 1.95. The normalized spacial score (nSPS) is 22.6. The number of benzene rings is 2. The number of nitrogens with one attached hydrogen (secondary N) is 1. The molecule has 1 nitrogen and oxygen atoms in total. The van der Waals surface area contributed by atoms with Crippen molar-refractivity contribution in [2.45, 2.75) is 32.2 Å². The number of hydrogen-bond donors (Lipinski definition) is 1. The van der Waals surface area contributed by atoms with Crippen molar-refractivity contribution in [1.82, 2.24) is 5.32 Å². The molecule has 3 rings (SSSR count). The van der Waals surface area contributed by atoms with Gasteiger partial charge in [0.05, 0.1) is 0 Å². The van der Waals surface area contributed by atoms with Gasteiger partial charge < -0.3 is 5.32 Å². The Morgan fingerprint density at radius 2 is 1.79 bits per heavy atom. The smallest absolute Gasteiger partial charge is 0.0392 e. The van der Waals surface area contributed by atoms with Crippen LogP contribution in [0, 0.1) is 13.8 Å². The molecule has 0 radical (unpaired) electrons. The van der Waals surface area contributed by atoms with Crippen LogP contribution in [0.5, 0.6) is 0 Å². The molecule has 2 aromatic rings. The van der Waals surface area contributed by atoms with Gasteiger partial charge in [0, 0.05) is 12.0 Å². The zero-order valence-electron chi connectivity index (χ0n) is 11.7. The lowest BCUT2D eigenvalue weighted by Gasteiger charge is -2.22. The maximum atomic E-state index is 3.68. The average molecular weight is 251 g/mol. The Morgan fingerprint density at radius 1 is 1.00 bits per heavy atom. The number of hydrogen-bond acceptors (Lipinski definition) is 1. The van der Waals surface area contributed by atoms with E-state index in [1.165, 1.54) is 28.7 Å². The third-order valence-electron chi connectivity index (χ3n) is 4.21. The average Bonchev–Trinajstić information content (AvgIpc) is 2.89. The predicted octanol–water partition coefficient (Wildman–Crippen LogP) is 4.12. The minimum atomic E-state index is 0.461. The van der Waals surface area contributed by atoms with E-state index in [4.69, 9.17) is 0 Å². The van der Waals surface area contributed by atoms with Gasteiger partial charge in [-0.05, 0) is 43.5 Å². The van der Waals surface area contributed by atoms with Crippen molar-refractivity contribution in [3.05, 3.63) is 70.8 Å². The van der Waals surface area contributed by atoms with E-state index in [9.17, 15) is 0 Å². The maximum absolute atomic E-state index is 3.68. The molecule has 1 saturated heterocycles. The quantitative estimate of drug-likeness (QED) is 0.846. The van der Waals surface area contributed by atoms with Gasteiger partial charge in [-0.2, -0.15) is 0 Å². The summed E-state index contributed by atoms with van der Waals surface area (Å²) < 4.78 is 0. The first-order valence-electron chi connectivity index (χ1n) is 7.11. The first-order chi connectivity index (χ1) is 9.25. The zero-order valence-corrected chi connectivity index (χ0v) is 11.7. The molecule has 0 bridgehead atoms. The fourth-order valence-corrected chi connectivity index (χ4v) is 3.26. The molecule has 19 heavy (non-hydrogen) atoms. The second kappa shape index (κ2) is 5.18. The van der Waals surface area contributed by atoms with Crippen LogP contribution < -0.4 is 5.32 Å². The molecule has 1 aliphatic rings. The van der Waals surface area contributed by atoms with E-state index in [-0.39, 0.29) is 0 Å². The van der Waals surface area contributed by atoms with Gasteiger partial charge in [-0.25, -0.2) is 0 Å². The molecule has 98 valence electrons. The van der Waals surface area contributed by atoms with Gasteiger partial charge in [-0.1, -0.05) is 54.1 Å². The van der Waals surface area contributed by atoms with Crippen molar-refractivity contribution in [3.63, 3.8) is 0 Å². The summed E-state index contributed by atoms with van der Waals surface area (Å²) in [6.45, 7) is 5.50. The lowest BCUT2D eigenvalue weighted by Crippen LogP contribution is -2.18. The fraction of sp³-hybridized carbons (Fsp3) is 0.333. The highest BCUT2D eigenvalue weighted by Crippen LogP contribution is 2.38. The fourth-order valence-electron chi connectivity index (χ4n) is 3.26. The van der Waals surface area contributed by atoms with E-state index in [1.807, 2.05) is 0 Å². The molecular formula is C18H21N. The Labute approximate surface area is 115 Å². The molecule has 1 aliphatic heterocycles. The maximum Gasteiger partial charge on any atom is 0.0392 e. The molecule has 1 fully saturated rings. The van der Waals surface area contributed by atoms with Crippen molar-refractivity contribution in [3.8, 4) is 0 Å². The van der Waals surface area contributed by atoms with E-state index >= 15 is 0 Å². The number of rotatable bonds is 2. The summed E-state index contributed by atoms with van der Waals surface area (Å²) in [6, 6.07) is 18.2. The van der Waals surface area contributed by atoms with Gasteiger partial charge in [-0.3, -0.25) is 0 Å². The molecule has 1 heterocycles. The number of aryl methyl sites for hydroxylation is 2. The molecule has 2 atom stereocenters. The second-order valence-corrected chi connectivity index (χ2v) is 5.60. The molecule has 1 N–H and O–H groups in total. The van der Waals surface area contributed by atoms with E-state index in [0.29, 0.717) is 12.0 Å². The summed E-state index contributed by atoms with van der Waals surface area (Å²) in [6.07, 6.45) is 1.22. The van der Waals surface area contributed by atoms with Gasteiger partial charge in [0.15, 0.2) is 0 Å². The van der Waals surface area contributed by atoms with E-state index in [2.05, 4.69) is 67.7 Å². The van der Waals surface area contributed by atoms with Crippen LogP contribution in [0.2, 0.25) is 0 Å². The summed E-state index contributed by atoms with van der Waals surface area (Å²) >= 11 is 0. The van der Waals surface area contributed by atoms with Crippen molar-refractivity contribution in [2.24, 2.45) is 0 Å². The zero-order chi connectivity index (χ0) is 13.2. The summed E-state index contributed by atoms with van der Waals surface area (Å²) in [5.74, 6) is 0.600. The van der Waals surface area contributed by atoms with Crippen LogP contribution in [0.1, 0.15) is 40.6 Å². The Bertz CT molecular complexity index is 559. The molecule has 2 unspecified atom stereocenters. The van der Waals surface area contributed by atoms with E-state index < -0.39 is 0 Å². The van der Waals surface area contributed by atoms with Crippen LogP contribution in [0.15, 0.2) is 48.5 Å². The lowest BCUT2D eigenvalue weighted by atomic mass is 9.86. The second-order valence-electron chi connectivity index (χ2n) is 5.60. The van der Waals surface area contributed by atoms with Gasteiger partial charge in [0.1, 0.15) is 0 Å². The standard InChI is InChI=1S/C18H21N/c1-13-8-9-16(14(2)12-13)18-17(10-11-19-18)15-6-4-3-5-7-15/h3-9,12,17-19H,10-11H2,1-2H3. The largest absolute Gasteiger partial charge is 0.309 e. The first-order valence-corrected chi connectivity index (χ1v) is 7.11. The Hall–Kier alpha value is -1.60. The molecule has 1 heteroatoms. The highest BCUT2D eigenvalue weighted by atomic mass is 15.0. The monoisotopic (exact) mass is 251 g/mol. The minimum Gasteiger partial charge on any atom is -0.309 e. The summed E-state index contributed by atoms with van der Waals surface area (Å²) in [5, 5.41) is 3.68. The van der Waals surface area contributed by atoms with Gasteiger partial charge in [0.2, 0.25) is 0 Å². The van der Waals surface area contributed by atoms with Crippen LogP contribution in [0.4, 0.5) is 0 Å². The third kappa shape index (κ3) is 2.43. The Morgan fingerprint density at radius 3 is 2.53 bits per heavy atom. The van der Waals surface area contributed by atoms with Crippen LogP contribution in [-0.2, 0) is 0 Å². The lowest BCUT2D eigenvalue weighted by molar-refractivity contribution is 0.575. The van der Waals surface area contributed by atoms with Crippen LogP contribution in [0.3, 0.4) is 0 Å². The van der Waals surface area contributed by atoms with Crippen LogP contribution in [-0.4, -0.2) is 6.54 Å². The summed E-state index contributed by atoms with van der Waals surface area (Å²) in [4.78, 5) is 0. The highest BCUT2D eigenvalue weighted by Gasteiger charge is 2.30. The van der Waals surface area contributed by atoms with Gasteiger partial charge in [0.25, 0.3) is 0 Å². The van der Waals surface area contributed by atoms with Gasteiger partial charge in [-0.15, -0.1) is 0 Å². The first kappa shape index (κ1) is 12.4. The molecule has 0 amide bonds.